The molecule has 1 fully saturated rings. The average Bonchev–Trinajstić information content (AvgIpc) is 2.77. The van der Waals surface area contributed by atoms with Crippen LogP contribution in [0, 0.1) is 5.92 Å². The number of likely N-dealkylation sites (tertiary alicyclic amines) is 1. The summed E-state index contributed by atoms with van der Waals surface area (Å²) in [6.45, 7) is 7.41. The van der Waals surface area contributed by atoms with Crippen LogP contribution in [0.5, 0.6) is 5.75 Å². The molecule has 1 aliphatic heterocycles. The van der Waals surface area contributed by atoms with Gasteiger partial charge in [0.05, 0.1) is 6.61 Å². The first-order valence-corrected chi connectivity index (χ1v) is 8.46. The van der Waals surface area contributed by atoms with E-state index in [1.54, 1.807) is 0 Å². The quantitative estimate of drug-likeness (QED) is 0.782. The zero-order valence-electron chi connectivity index (χ0n) is 13.4. The van der Waals surface area contributed by atoms with E-state index in [0.29, 0.717) is 6.54 Å². The minimum absolute atomic E-state index is 0.591. The van der Waals surface area contributed by atoms with Gasteiger partial charge in [0, 0.05) is 13.1 Å². The van der Waals surface area contributed by atoms with Gasteiger partial charge in [-0.1, -0.05) is 25.5 Å². The van der Waals surface area contributed by atoms with Gasteiger partial charge in [-0.3, -0.25) is 0 Å². The summed E-state index contributed by atoms with van der Waals surface area (Å²) in [5.41, 5.74) is 6.74. The van der Waals surface area contributed by atoms with Gasteiger partial charge < -0.3 is 15.4 Å². The van der Waals surface area contributed by atoms with E-state index in [2.05, 4.69) is 11.8 Å². The summed E-state index contributed by atoms with van der Waals surface area (Å²) < 4.78 is 5.80. The monoisotopic (exact) mass is 290 g/mol. The highest BCUT2D eigenvalue weighted by atomic mass is 16.5. The Morgan fingerprint density at radius 2 is 2.00 bits per heavy atom. The van der Waals surface area contributed by atoms with Crippen molar-refractivity contribution in [3.63, 3.8) is 0 Å². The van der Waals surface area contributed by atoms with Crippen LogP contribution in [0.1, 0.15) is 44.6 Å². The van der Waals surface area contributed by atoms with Crippen molar-refractivity contribution in [3.8, 4) is 5.75 Å². The third-order valence-corrected chi connectivity index (χ3v) is 4.56. The van der Waals surface area contributed by atoms with Gasteiger partial charge in [-0.25, -0.2) is 0 Å². The van der Waals surface area contributed by atoms with Crippen LogP contribution >= 0.6 is 0 Å². The molecule has 0 amide bonds. The standard InChI is InChI=1S/C18H30N2O/c1-2-16-5-3-11-20(13-10-16)12-4-14-21-18-8-6-17(15-19)7-9-18/h6-9,16H,2-5,10-15,19H2,1H3. The van der Waals surface area contributed by atoms with Crippen molar-refractivity contribution in [3.05, 3.63) is 29.8 Å². The summed E-state index contributed by atoms with van der Waals surface area (Å²) in [6.07, 6.45) is 6.60. The fraction of sp³-hybridized carbons (Fsp3) is 0.667. The first kappa shape index (κ1) is 16.3. The van der Waals surface area contributed by atoms with Crippen LogP contribution in [0.4, 0.5) is 0 Å². The highest BCUT2D eigenvalue weighted by molar-refractivity contribution is 5.26. The molecule has 1 aromatic rings. The largest absolute Gasteiger partial charge is 0.494 e. The van der Waals surface area contributed by atoms with Crippen LogP contribution in [-0.4, -0.2) is 31.1 Å². The Kier molecular flexibility index (Phi) is 7.04. The second-order valence-corrected chi connectivity index (χ2v) is 6.10. The minimum atomic E-state index is 0.591. The van der Waals surface area contributed by atoms with Crippen molar-refractivity contribution in [1.29, 1.82) is 0 Å². The third-order valence-electron chi connectivity index (χ3n) is 4.56. The number of hydrogen-bond donors (Lipinski definition) is 1. The van der Waals surface area contributed by atoms with E-state index >= 15 is 0 Å². The van der Waals surface area contributed by atoms with Crippen molar-refractivity contribution >= 4 is 0 Å². The molecule has 2 rings (SSSR count). The number of nitrogens with zero attached hydrogens (tertiary/aromatic N) is 1. The molecular formula is C18H30N2O. The molecule has 0 radical (unpaired) electrons. The van der Waals surface area contributed by atoms with Gasteiger partial charge >= 0.3 is 0 Å². The summed E-state index contributed by atoms with van der Waals surface area (Å²) in [5, 5.41) is 0. The van der Waals surface area contributed by atoms with Gasteiger partial charge in [-0.05, 0) is 62.4 Å². The van der Waals surface area contributed by atoms with E-state index < -0.39 is 0 Å². The average molecular weight is 290 g/mol. The van der Waals surface area contributed by atoms with Crippen LogP contribution in [0.3, 0.4) is 0 Å². The minimum Gasteiger partial charge on any atom is -0.494 e. The summed E-state index contributed by atoms with van der Waals surface area (Å²) in [7, 11) is 0. The maximum Gasteiger partial charge on any atom is 0.119 e. The molecular weight excluding hydrogens is 260 g/mol. The molecule has 1 unspecified atom stereocenters. The molecule has 0 aliphatic carbocycles. The molecule has 118 valence electrons. The molecule has 1 aromatic carbocycles. The molecule has 1 saturated heterocycles. The molecule has 0 spiro atoms. The SMILES string of the molecule is CCC1CCCN(CCCOc2ccc(CN)cc2)CC1. The lowest BCUT2D eigenvalue weighted by atomic mass is 9.98. The van der Waals surface area contributed by atoms with E-state index in [1.165, 1.54) is 38.8 Å². The fourth-order valence-electron chi connectivity index (χ4n) is 3.06. The Bertz CT molecular complexity index is 391. The Morgan fingerprint density at radius 3 is 2.71 bits per heavy atom. The van der Waals surface area contributed by atoms with E-state index in [0.717, 1.165) is 36.8 Å². The van der Waals surface area contributed by atoms with E-state index in [9.17, 15) is 0 Å². The van der Waals surface area contributed by atoms with Gasteiger partial charge in [0.1, 0.15) is 5.75 Å². The maximum absolute atomic E-state index is 5.80. The van der Waals surface area contributed by atoms with Crippen molar-refractivity contribution in [1.82, 2.24) is 4.90 Å². The fourth-order valence-corrected chi connectivity index (χ4v) is 3.06. The Hall–Kier alpha value is -1.06. The number of benzene rings is 1. The summed E-state index contributed by atoms with van der Waals surface area (Å²) in [4.78, 5) is 2.61. The summed E-state index contributed by atoms with van der Waals surface area (Å²) in [6, 6.07) is 8.10. The molecule has 1 atom stereocenters. The van der Waals surface area contributed by atoms with Crippen molar-refractivity contribution in [2.45, 2.75) is 45.6 Å². The van der Waals surface area contributed by atoms with Crippen LogP contribution in [0.25, 0.3) is 0 Å². The molecule has 3 heteroatoms. The Labute approximate surface area is 129 Å². The van der Waals surface area contributed by atoms with Gasteiger partial charge in [0.15, 0.2) is 0 Å². The lowest BCUT2D eigenvalue weighted by Crippen LogP contribution is -2.27. The Morgan fingerprint density at radius 1 is 1.19 bits per heavy atom. The first-order valence-electron chi connectivity index (χ1n) is 8.46. The zero-order chi connectivity index (χ0) is 14.9. The predicted octanol–water partition coefficient (Wildman–Crippen LogP) is 3.43. The number of ether oxygens (including phenoxy) is 1. The second kappa shape index (κ2) is 9.06. The smallest absolute Gasteiger partial charge is 0.119 e. The first-order chi connectivity index (χ1) is 10.3. The normalized spacial score (nSPS) is 20.2. The van der Waals surface area contributed by atoms with Crippen molar-refractivity contribution in [2.75, 3.05) is 26.2 Å². The van der Waals surface area contributed by atoms with E-state index in [1.807, 2.05) is 24.3 Å². The van der Waals surface area contributed by atoms with E-state index in [4.69, 9.17) is 10.5 Å². The van der Waals surface area contributed by atoms with Gasteiger partial charge in [0.2, 0.25) is 0 Å². The third kappa shape index (κ3) is 5.68. The maximum atomic E-state index is 5.80. The molecule has 1 aliphatic rings. The second-order valence-electron chi connectivity index (χ2n) is 6.10. The molecule has 1 heterocycles. The Balaban J connectivity index is 1.62. The highest BCUT2D eigenvalue weighted by Gasteiger charge is 2.14. The van der Waals surface area contributed by atoms with Crippen LogP contribution in [0.15, 0.2) is 24.3 Å². The lowest BCUT2D eigenvalue weighted by Gasteiger charge is -2.20. The number of rotatable bonds is 7. The zero-order valence-corrected chi connectivity index (χ0v) is 13.4. The van der Waals surface area contributed by atoms with Crippen LogP contribution in [-0.2, 0) is 6.54 Å². The van der Waals surface area contributed by atoms with Crippen LogP contribution in [0.2, 0.25) is 0 Å². The van der Waals surface area contributed by atoms with Crippen molar-refractivity contribution < 1.29 is 4.74 Å². The molecule has 0 bridgehead atoms. The predicted molar refractivity (Wildman–Crippen MR) is 88.5 cm³/mol. The van der Waals surface area contributed by atoms with Crippen LogP contribution < -0.4 is 10.5 Å². The van der Waals surface area contributed by atoms with Gasteiger partial charge in [-0.15, -0.1) is 0 Å². The van der Waals surface area contributed by atoms with Crippen molar-refractivity contribution in [2.24, 2.45) is 11.7 Å². The molecule has 0 saturated carbocycles. The van der Waals surface area contributed by atoms with E-state index in [-0.39, 0.29) is 0 Å². The highest BCUT2D eigenvalue weighted by Crippen LogP contribution is 2.20. The topological polar surface area (TPSA) is 38.5 Å². The molecule has 0 aromatic heterocycles. The number of nitrogens with two attached hydrogens (primary N) is 1. The summed E-state index contributed by atoms with van der Waals surface area (Å²) >= 11 is 0. The molecule has 2 N–H and O–H groups in total. The lowest BCUT2D eigenvalue weighted by molar-refractivity contribution is 0.237. The van der Waals surface area contributed by atoms with Gasteiger partial charge in [0.25, 0.3) is 0 Å². The number of hydrogen-bond acceptors (Lipinski definition) is 3. The molecule has 3 nitrogen and oxygen atoms in total. The summed E-state index contributed by atoms with van der Waals surface area (Å²) in [5.74, 6) is 1.90. The van der Waals surface area contributed by atoms with Gasteiger partial charge in [-0.2, -0.15) is 0 Å². The molecule has 21 heavy (non-hydrogen) atoms.